The Morgan fingerprint density at radius 2 is 2.06 bits per heavy atom. The van der Waals surface area contributed by atoms with Crippen LogP contribution >= 0.6 is 0 Å². The monoisotopic (exact) mass is 239 g/mol. The van der Waals surface area contributed by atoms with Crippen LogP contribution in [0.25, 0.3) is 0 Å². The van der Waals surface area contributed by atoms with Gasteiger partial charge >= 0.3 is 5.97 Å². The number of aliphatic hydroxyl groups is 1. The van der Waals surface area contributed by atoms with Gasteiger partial charge in [0.15, 0.2) is 5.78 Å². The first-order valence-corrected chi connectivity index (χ1v) is 5.32. The van der Waals surface area contributed by atoms with Gasteiger partial charge in [-0.15, -0.1) is 0 Å². The summed E-state index contributed by atoms with van der Waals surface area (Å²) >= 11 is 0. The van der Waals surface area contributed by atoms with Crippen LogP contribution in [0.5, 0.6) is 0 Å². The Balaban J connectivity index is 3.37. The Hall–Kier alpha value is -1.65. The topological polar surface area (TPSA) is 87.4 Å². The van der Waals surface area contributed by atoms with Crippen LogP contribution in [0.15, 0.2) is 11.3 Å². The van der Waals surface area contributed by atoms with E-state index in [4.69, 9.17) is 5.41 Å². The molecule has 5 nitrogen and oxygen atoms in total. The summed E-state index contributed by atoms with van der Waals surface area (Å²) in [6.07, 6.45) is 0.113. The number of hydrogen-bond donors (Lipinski definition) is 2. The molecule has 0 spiro atoms. The molecule has 0 saturated heterocycles. The molecule has 0 aromatic heterocycles. The molecule has 94 valence electrons. The summed E-state index contributed by atoms with van der Waals surface area (Å²) in [5.74, 6) is -2.12. The lowest BCUT2D eigenvalue weighted by Crippen LogP contribution is -2.41. The van der Waals surface area contributed by atoms with Gasteiger partial charge < -0.3 is 15.3 Å². The van der Waals surface area contributed by atoms with Crippen molar-refractivity contribution in [3.63, 3.8) is 0 Å². The van der Waals surface area contributed by atoms with E-state index in [1.807, 2.05) is 0 Å². The molecule has 0 saturated carbocycles. The van der Waals surface area contributed by atoms with Crippen LogP contribution in [0.1, 0.15) is 27.2 Å². The molecule has 0 aromatic carbocycles. The third kappa shape index (κ3) is 2.23. The maximum atomic E-state index is 11.8. The maximum Gasteiger partial charge on any atom is 0.316 e. The van der Waals surface area contributed by atoms with E-state index < -0.39 is 17.3 Å². The minimum absolute atomic E-state index is 0.0306. The average molecular weight is 239 g/mol. The fourth-order valence-corrected chi connectivity index (χ4v) is 2.21. The zero-order valence-electron chi connectivity index (χ0n) is 10.5. The molecule has 0 heterocycles. The highest BCUT2D eigenvalue weighted by atomic mass is 16.5. The molecule has 1 aliphatic carbocycles. The number of aliphatic hydroxyl groups excluding tert-OH is 1. The number of hydrogen-bond acceptors (Lipinski definition) is 5. The van der Waals surface area contributed by atoms with Crippen LogP contribution in [0.3, 0.4) is 0 Å². The summed E-state index contributed by atoms with van der Waals surface area (Å²) in [5.41, 5.74) is -0.788. The average Bonchev–Trinajstić information content (AvgIpc) is 2.13. The van der Waals surface area contributed by atoms with Gasteiger partial charge in [-0.05, 0) is 12.3 Å². The van der Waals surface area contributed by atoms with Crippen molar-refractivity contribution in [2.24, 2.45) is 11.3 Å². The van der Waals surface area contributed by atoms with Gasteiger partial charge in [0.2, 0.25) is 0 Å². The Kier molecular flexibility index (Phi) is 3.40. The quantitative estimate of drug-likeness (QED) is 0.566. The molecule has 0 fully saturated rings. The summed E-state index contributed by atoms with van der Waals surface area (Å²) in [4.78, 5) is 23.5. The van der Waals surface area contributed by atoms with Crippen molar-refractivity contribution in [1.82, 2.24) is 0 Å². The molecule has 1 rings (SSSR count). The fraction of sp³-hybridized carbons (Fsp3) is 0.583. The first-order valence-electron chi connectivity index (χ1n) is 5.32. The third-order valence-electron chi connectivity index (χ3n) is 3.02. The Morgan fingerprint density at radius 1 is 1.53 bits per heavy atom. The molecule has 0 bridgehead atoms. The number of carbonyl (C=O) groups excluding carboxylic acids is 2. The molecule has 2 N–H and O–H groups in total. The summed E-state index contributed by atoms with van der Waals surface area (Å²) in [6.45, 7) is 4.85. The first-order chi connectivity index (χ1) is 7.72. The molecule has 0 amide bonds. The predicted molar refractivity (Wildman–Crippen MR) is 62.0 cm³/mol. The van der Waals surface area contributed by atoms with Gasteiger partial charge in [0, 0.05) is 12.1 Å². The van der Waals surface area contributed by atoms with E-state index in [0.717, 1.165) is 0 Å². The van der Waals surface area contributed by atoms with Crippen molar-refractivity contribution in [2.45, 2.75) is 27.2 Å². The number of nitrogens with one attached hydrogen (secondary N) is 1. The smallest absolute Gasteiger partial charge is 0.316 e. The van der Waals surface area contributed by atoms with Crippen LogP contribution in [0.4, 0.5) is 0 Å². The minimum Gasteiger partial charge on any atom is -0.511 e. The second-order valence-electron chi connectivity index (χ2n) is 4.93. The summed E-state index contributed by atoms with van der Waals surface area (Å²) in [6, 6.07) is 0. The van der Waals surface area contributed by atoms with E-state index in [0.29, 0.717) is 0 Å². The minimum atomic E-state index is -0.888. The highest BCUT2D eigenvalue weighted by Gasteiger charge is 2.47. The van der Waals surface area contributed by atoms with Gasteiger partial charge in [-0.2, -0.15) is 0 Å². The number of Topliss-reactive ketones (excluding diaryl/α,β-unsaturated/α-hetero) is 1. The van der Waals surface area contributed by atoms with Gasteiger partial charge in [-0.1, -0.05) is 13.8 Å². The molecule has 0 radical (unpaired) electrons. The van der Waals surface area contributed by atoms with Gasteiger partial charge in [-0.3, -0.25) is 9.59 Å². The standard InChI is InChI=1S/C12H17NO4/c1-6(13)8-7(14)5-12(2,3)9(10(8)15)11(16)17-4/h9,13,15H,5H2,1-4H3. The summed E-state index contributed by atoms with van der Waals surface area (Å²) < 4.78 is 4.64. The van der Waals surface area contributed by atoms with Gasteiger partial charge in [-0.25, -0.2) is 0 Å². The van der Waals surface area contributed by atoms with Crippen molar-refractivity contribution in [3.8, 4) is 0 Å². The molecule has 1 aliphatic rings. The zero-order valence-corrected chi connectivity index (χ0v) is 10.5. The Labute approximate surface area is 100.0 Å². The van der Waals surface area contributed by atoms with Crippen molar-refractivity contribution in [1.29, 1.82) is 5.41 Å². The van der Waals surface area contributed by atoms with Gasteiger partial charge in [0.1, 0.15) is 11.7 Å². The van der Waals surface area contributed by atoms with E-state index in [2.05, 4.69) is 4.74 Å². The van der Waals surface area contributed by atoms with Crippen LogP contribution in [0.2, 0.25) is 0 Å². The molecular formula is C12H17NO4. The number of esters is 1. The number of carbonyl (C=O) groups is 2. The molecule has 5 heteroatoms. The maximum absolute atomic E-state index is 11.8. The van der Waals surface area contributed by atoms with Crippen molar-refractivity contribution >= 4 is 17.5 Å². The molecule has 1 unspecified atom stereocenters. The van der Waals surface area contributed by atoms with Gasteiger partial charge in [0.25, 0.3) is 0 Å². The summed E-state index contributed by atoms with van der Waals surface area (Å²) in [5, 5.41) is 17.5. The van der Waals surface area contributed by atoms with E-state index in [1.54, 1.807) is 13.8 Å². The number of methoxy groups -OCH3 is 1. The number of rotatable bonds is 2. The lowest BCUT2D eigenvalue weighted by atomic mass is 9.68. The third-order valence-corrected chi connectivity index (χ3v) is 3.02. The number of ether oxygens (including phenoxy) is 1. The Morgan fingerprint density at radius 3 is 2.47 bits per heavy atom. The number of allylic oxidation sites excluding steroid dienone is 1. The Bertz CT molecular complexity index is 420. The highest BCUT2D eigenvalue weighted by Crippen LogP contribution is 2.42. The second-order valence-corrected chi connectivity index (χ2v) is 4.93. The van der Waals surface area contributed by atoms with E-state index in [9.17, 15) is 14.7 Å². The van der Waals surface area contributed by atoms with E-state index in [-0.39, 0.29) is 29.2 Å². The molecule has 0 aliphatic heterocycles. The zero-order chi connectivity index (χ0) is 13.4. The van der Waals surface area contributed by atoms with Crippen LogP contribution in [0, 0.1) is 16.7 Å². The van der Waals surface area contributed by atoms with E-state index in [1.165, 1.54) is 14.0 Å². The van der Waals surface area contributed by atoms with Crippen LogP contribution < -0.4 is 0 Å². The summed E-state index contributed by atoms with van der Waals surface area (Å²) in [7, 11) is 1.24. The lowest BCUT2D eigenvalue weighted by molar-refractivity contribution is -0.150. The molecule has 17 heavy (non-hydrogen) atoms. The van der Waals surface area contributed by atoms with Crippen LogP contribution in [-0.4, -0.2) is 29.7 Å². The molecule has 1 atom stereocenters. The molecular weight excluding hydrogens is 222 g/mol. The normalized spacial score (nSPS) is 23.5. The number of ketones is 1. The largest absolute Gasteiger partial charge is 0.511 e. The van der Waals surface area contributed by atoms with Crippen LogP contribution in [-0.2, 0) is 14.3 Å². The highest BCUT2D eigenvalue weighted by molar-refractivity contribution is 6.22. The lowest BCUT2D eigenvalue weighted by Gasteiger charge is -2.36. The van der Waals surface area contributed by atoms with E-state index >= 15 is 0 Å². The SMILES string of the molecule is COC(=O)C1C(O)=C(C(C)=N)C(=O)CC1(C)C. The first kappa shape index (κ1) is 13.4. The van der Waals surface area contributed by atoms with Gasteiger partial charge in [0.05, 0.1) is 12.7 Å². The van der Waals surface area contributed by atoms with Crippen molar-refractivity contribution in [2.75, 3.05) is 7.11 Å². The van der Waals surface area contributed by atoms with Crippen molar-refractivity contribution < 1.29 is 19.4 Å². The molecule has 0 aromatic rings. The fourth-order valence-electron chi connectivity index (χ4n) is 2.21. The van der Waals surface area contributed by atoms with Crippen molar-refractivity contribution in [3.05, 3.63) is 11.3 Å². The second kappa shape index (κ2) is 4.31. The predicted octanol–water partition coefficient (Wildman–Crippen LogP) is 1.63.